The van der Waals surface area contributed by atoms with Crippen molar-refractivity contribution in [3.8, 4) is 0 Å². The molecular weight excluding hydrogens is 250 g/mol. The first-order valence-corrected chi connectivity index (χ1v) is 6.59. The van der Waals surface area contributed by atoms with E-state index < -0.39 is 0 Å². The van der Waals surface area contributed by atoms with Crippen molar-refractivity contribution in [3.05, 3.63) is 58.9 Å². The number of carbonyl (C=O) groups is 1. The molecule has 0 fully saturated rings. The molecule has 0 aliphatic rings. The van der Waals surface area contributed by atoms with Gasteiger partial charge >= 0.3 is 0 Å². The van der Waals surface area contributed by atoms with Crippen molar-refractivity contribution in [3.63, 3.8) is 0 Å². The second-order valence-electron chi connectivity index (χ2n) is 4.73. The highest BCUT2D eigenvalue weighted by Gasteiger charge is 2.09. The molecule has 2 aromatic rings. The number of aromatic nitrogens is 1. The van der Waals surface area contributed by atoms with Gasteiger partial charge in [0.25, 0.3) is 5.91 Å². The average molecular weight is 269 g/mol. The van der Waals surface area contributed by atoms with E-state index in [0.29, 0.717) is 12.1 Å². The van der Waals surface area contributed by atoms with Crippen LogP contribution in [0.3, 0.4) is 0 Å². The molecular formula is C16H19N3O. The van der Waals surface area contributed by atoms with Gasteiger partial charge in [-0.15, -0.1) is 0 Å². The number of benzene rings is 1. The molecule has 0 spiro atoms. The Morgan fingerprint density at radius 3 is 2.65 bits per heavy atom. The lowest BCUT2D eigenvalue weighted by Gasteiger charge is -2.09. The van der Waals surface area contributed by atoms with Gasteiger partial charge in [-0.25, -0.2) is 0 Å². The predicted molar refractivity (Wildman–Crippen MR) is 80.9 cm³/mol. The first-order chi connectivity index (χ1) is 9.60. The molecule has 0 aliphatic heterocycles. The lowest BCUT2D eigenvalue weighted by Crippen LogP contribution is -2.24. The summed E-state index contributed by atoms with van der Waals surface area (Å²) in [6.45, 7) is 4.31. The minimum atomic E-state index is -0.0755. The van der Waals surface area contributed by atoms with Gasteiger partial charge in [0.15, 0.2) is 0 Å². The molecule has 104 valence electrons. The number of pyridine rings is 1. The molecule has 0 atom stereocenters. The summed E-state index contributed by atoms with van der Waals surface area (Å²) >= 11 is 0. The Kier molecular flexibility index (Phi) is 4.35. The Balaban J connectivity index is 2.05. The monoisotopic (exact) mass is 269 g/mol. The zero-order chi connectivity index (χ0) is 14.5. The van der Waals surface area contributed by atoms with Crippen LogP contribution in [0.5, 0.6) is 0 Å². The molecule has 0 saturated carbocycles. The molecule has 0 radical (unpaired) electrons. The smallest absolute Gasteiger partial charge is 0.251 e. The van der Waals surface area contributed by atoms with Gasteiger partial charge in [0.1, 0.15) is 0 Å². The molecule has 2 N–H and O–H groups in total. The highest BCUT2D eigenvalue weighted by molar-refractivity contribution is 5.96. The highest BCUT2D eigenvalue weighted by Crippen LogP contribution is 2.14. The molecule has 0 aliphatic carbocycles. The normalized spacial score (nSPS) is 10.2. The summed E-state index contributed by atoms with van der Waals surface area (Å²) in [6.07, 6.45) is 0. The zero-order valence-electron chi connectivity index (χ0n) is 12.0. The minimum absolute atomic E-state index is 0.0755. The van der Waals surface area contributed by atoms with Crippen LogP contribution in [0.1, 0.15) is 27.3 Å². The summed E-state index contributed by atoms with van der Waals surface area (Å²) in [5.41, 5.74) is 4.46. The Labute approximate surface area is 119 Å². The number of hydrogen-bond acceptors (Lipinski definition) is 3. The number of amides is 1. The molecule has 1 heterocycles. The van der Waals surface area contributed by atoms with E-state index in [-0.39, 0.29) is 5.91 Å². The fourth-order valence-electron chi connectivity index (χ4n) is 2.04. The van der Waals surface area contributed by atoms with Gasteiger partial charge in [-0.1, -0.05) is 6.07 Å². The maximum Gasteiger partial charge on any atom is 0.251 e. The van der Waals surface area contributed by atoms with Crippen LogP contribution in [0.15, 0.2) is 36.4 Å². The molecule has 1 aromatic heterocycles. The first kappa shape index (κ1) is 14.1. The number of carbonyl (C=O) groups excluding carboxylic acids is 1. The van der Waals surface area contributed by atoms with E-state index in [0.717, 1.165) is 22.6 Å². The lowest BCUT2D eigenvalue weighted by molar-refractivity contribution is 0.0950. The maximum atomic E-state index is 12.2. The summed E-state index contributed by atoms with van der Waals surface area (Å²) in [5.74, 6) is -0.0755. The van der Waals surface area contributed by atoms with Crippen LogP contribution in [-0.4, -0.2) is 17.9 Å². The van der Waals surface area contributed by atoms with Crippen molar-refractivity contribution >= 4 is 11.6 Å². The van der Waals surface area contributed by atoms with Gasteiger partial charge < -0.3 is 10.6 Å². The van der Waals surface area contributed by atoms with Gasteiger partial charge in [0.2, 0.25) is 0 Å². The third-order valence-corrected chi connectivity index (χ3v) is 3.14. The number of hydrogen-bond donors (Lipinski definition) is 2. The fourth-order valence-corrected chi connectivity index (χ4v) is 2.04. The van der Waals surface area contributed by atoms with E-state index in [1.54, 1.807) is 0 Å². The van der Waals surface area contributed by atoms with Gasteiger partial charge in [0, 0.05) is 24.0 Å². The lowest BCUT2D eigenvalue weighted by atomic mass is 10.1. The van der Waals surface area contributed by atoms with Crippen molar-refractivity contribution in [1.82, 2.24) is 10.3 Å². The van der Waals surface area contributed by atoms with E-state index in [4.69, 9.17) is 0 Å². The van der Waals surface area contributed by atoms with Crippen LogP contribution >= 0.6 is 0 Å². The molecule has 1 amide bonds. The van der Waals surface area contributed by atoms with Crippen LogP contribution in [0.2, 0.25) is 0 Å². The number of nitrogens with one attached hydrogen (secondary N) is 2. The predicted octanol–water partition coefficient (Wildman–Crippen LogP) is 2.67. The number of nitrogens with zero attached hydrogens (tertiary/aromatic N) is 1. The number of anilines is 1. The number of aryl methyl sites for hydroxylation is 2. The third-order valence-electron chi connectivity index (χ3n) is 3.14. The van der Waals surface area contributed by atoms with Gasteiger partial charge in [-0.05, 0) is 49.7 Å². The van der Waals surface area contributed by atoms with E-state index >= 15 is 0 Å². The van der Waals surface area contributed by atoms with Gasteiger partial charge in [-0.3, -0.25) is 9.78 Å². The Bertz CT molecular complexity index is 623. The van der Waals surface area contributed by atoms with Crippen LogP contribution in [0, 0.1) is 13.8 Å². The van der Waals surface area contributed by atoms with Crippen molar-refractivity contribution in [2.75, 3.05) is 12.4 Å². The molecule has 4 heteroatoms. The SMILES string of the molecule is CNc1ccc(C(=O)NCc2cccc(C)n2)c(C)c1. The molecule has 0 bridgehead atoms. The van der Waals surface area contributed by atoms with Crippen molar-refractivity contribution in [2.45, 2.75) is 20.4 Å². The topological polar surface area (TPSA) is 54.0 Å². The molecule has 20 heavy (non-hydrogen) atoms. The standard InChI is InChI=1S/C16H19N3O/c1-11-9-13(17-3)7-8-15(11)16(20)18-10-14-6-4-5-12(2)19-14/h4-9,17H,10H2,1-3H3,(H,18,20). The van der Waals surface area contributed by atoms with Gasteiger partial charge in [-0.2, -0.15) is 0 Å². The maximum absolute atomic E-state index is 12.2. The molecule has 1 aromatic carbocycles. The molecule has 0 unspecified atom stereocenters. The van der Waals surface area contributed by atoms with E-state index in [1.807, 2.05) is 57.3 Å². The summed E-state index contributed by atoms with van der Waals surface area (Å²) in [4.78, 5) is 16.5. The zero-order valence-corrected chi connectivity index (χ0v) is 12.0. The van der Waals surface area contributed by atoms with Crippen LogP contribution in [0.4, 0.5) is 5.69 Å². The van der Waals surface area contributed by atoms with E-state index in [1.165, 1.54) is 0 Å². The van der Waals surface area contributed by atoms with Crippen LogP contribution in [0.25, 0.3) is 0 Å². The Morgan fingerprint density at radius 2 is 2.00 bits per heavy atom. The van der Waals surface area contributed by atoms with Crippen LogP contribution < -0.4 is 10.6 Å². The van der Waals surface area contributed by atoms with Gasteiger partial charge in [0.05, 0.1) is 12.2 Å². The van der Waals surface area contributed by atoms with Crippen LogP contribution in [-0.2, 0) is 6.54 Å². The van der Waals surface area contributed by atoms with Crippen molar-refractivity contribution < 1.29 is 4.79 Å². The number of rotatable bonds is 4. The molecule has 4 nitrogen and oxygen atoms in total. The van der Waals surface area contributed by atoms with Crippen molar-refractivity contribution in [1.29, 1.82) is 0 Å². The summed E-state index contributed by atoms with van der Waals surface area (Å²) in [5, 5.41) is 5.96. The quantitative estimate of drug-likeness (QED) is 0.897. The van der Waals surface area contributed by atoms with E-state index in [9.17, 15) is 4.79 Å². The second kappa shape index (κ2) is 6.19. The highest BCUT2D eigenvalue weighted by atomic mass is 16.1. The van der Waals surface area contributed by atoms with E-state index in [2.05, 4.69) is 15.6 Å². The molecule has 0 saturated heterocycles. The summed E-state index contributed by atoms with van der Waals surface area (Å²) in [6, 6.07) is 11.5. The molecule has 2 rings (SSSR count). The Hall–Kier alpha value is -2.36. The third kappa shape index (κ3) is 3.35. The fraction of sp³-hybridized carbons (Fsp3) is 0.250. The second-order valence-corrected chi connectivity index (χ2v) is 4.73. The first-order valence-electron chi connectivity index (χ1n) is 6.59. The summed E-state index contributed by atoms with van der Waals surface area (Å²) in [7, 11) is 1.86. The average Bonchev–Trinajstić information content (AvgIpc) is 2.44. The van der Waals surface area contributed by atoms with Crippen molar-refractivity contribution in [2.24, 2.45) is 0 Å². The Morgan fingerprint density at radius 1 is 1.20 bits per heavy atom. The largest absolute Gasteiger partial charge is 0.388 e. The minimum Gasteiger partial charge on any atom is -0.388 e. The summed E-state index contributed by atoms with van der Waals surface area (Å²) < 4.78 is 0.